The smallest absolute Gasteiger partial charge is 0.0593 e. The van der Waals surface area contributed by atoms with Gasteiger partial charge in [0.05, 0.1) is 12.2 Å². The van der Waals surface area contributed by atoms with Gasteiger partial charge in [-0.25, -0.2) is 0 Å². The number of fused-ring (bicyclic) bond motifs is 2. The second kappa shape index (κ2) is 15.7. The van der Waals surface area contributed by atoms with E-state index in [0.29, 0.717) is 18.3 Å². The minimum atomic E-state index is -0.247. The van der Waals surface area contributed by atoms with E-state index in [-0.39, 0.29) is 37.7 Å². The molecule has 1 aromatic heterocycles. The summed E-state index contributed by atoms with van der Waals surface area (Å²) in [5, 5.41) is 20.0. The maximum absolute atomic E-state index is 10.0. The van der Waals surface area contributed by atoms with Crippen molar-refractivity contribution in [3.63, 3.8) is 0 Å². The van der Waals surface area contributed by atoms with Crippen molar-refractivity contribution in [3.8, 4) is 11.3 Å². The molecule has 8 rings (SSSR count). The molecule has 3 aromatic rings. The first kappa shape index (κ1) is 34.8. The average molecular weight is 812 g/mol. The van der Waals surface area contributed by atoms with Crippen molar-refractivity contribution in [2.24, 2.45) is 23.7 Å². The summed E-state index contributed by atoms with van der Waals surface area (Å²) in [6, 6.07) is 23.7. The summed E-state index contributed by atoms with van der Waals surface area (Å²) in [4.78, 5) is 7.16. The molecule has 5 aliphatic rings. The molecule has 4 nitrogen and oxygen atoms in total. The zero-order valence-electron chi connectivity index (χ0n) is 28.4. The normalized spacial score (nSPS) is 22.7. The Labute approximate surface area is 297 Å². The van der Waals surface area contributed by atoms with E-state index >= 15 is 0 Å². The number of anilines is 2. The third kappa shape index (κ3) is 6.77. The Morgan fingerprint density at radius 1 is 0.723 bits per heavy atom. The summed E-state index contributed by atoms with van der Waals surface area (Å²) in [6.07, 6.45) is 22.7. The van der Waals surface area contributed by atoms with Gasteiger partial charge in [-0.1, -0.05) is 87.3 Å². The molecule has 4 saturated carbocycles. The number of hydrogen-bond acceptors (Lipinski definition) is 4. The zero-order chi connectivity index (χ0) is 31.5. The molecule has 0 saturated heterocycles. The molecule has 1 radical (unpaired) electrons. The molecular formula is C42H55IrN2O2-. The molecule has 4 aliphatic carbocycles. The quantitative estimate of drug-likeness (QED) is 0.234. The first-order valence-electron chi connectivity index (χ1n) is 18.7. The fourth-order valence-corrected chi connectivity index (χ4v) is 10.6. The molecule has 47 heavy (non-hydrogen) atoms. The second-order valence-corrected chi connectivity index (χ2v) is 15.2. The molecule has 1 aliphatic heterocycles. The SMILES string of the molecule is CN1c2ccccc2C(C2CCCC2)(C2CCCC2)c2cc[c-]c(-c3ccccn3)c21.OC(CC(O)C1CCCC1)C1CCCC1.[Ir]. The zero-order valence-corrected chi connectivity index (χ0v) is 30.8. The fourth-order valence-electron chi connectivity index (χ4n) is 10.6. The Morgan fingerprint density at radius 3 is 1.81 bits per heavy atom. The van der Waals surface area contributed by atoms with E-state index in [1.165, 1.54) is 120 Å². The second-order valence-electron chi connectivity index (χ2n) is 15.2. The molecule has 2 heterocycles. The topological polar surface area (TPSA) is 56.6 Å². The van der Waals surface area contributed by atoms with Crippen molar-refractivity contribution in [2.75, 3.05) is 11.9 Å². The molecule has 2 aromatic carbocycles. The van der Waals surface area contributed by atoms with E-state index in [9.17, 15) is 10.2 Å². The molecule has 255 valence electrons. The van der Waals surface area contributed by atoms with E-state index < -0.39 is 0 Å². The predicted molar refractivity (Wildman–Crippen MR) is 188 cm³/mol. The van der Waals surface area contributed by atoms with Gasteiger partial charge in [0.15, 0.2) is 0 Å². The van der Waals surface area contributed by atoms with Crippen LogP contribution in [0.1, 0.15) is 120 Å². The van der Waals surface area contributed by atoms with Crippen LogP contribution in [0.5, 0.6) is 0 Å². The molecule has 0 bridgehead atoms. The number of para-hydroxylation sites is 1. The van der Waals surface area contributed by atoms with Gasteiger partial charge in [-0.15, -0.1) is 23.8 Å². The van der Waals surface area contributed by atoms with Crippen LogP contribution in [-0.4, -0.2) is 34.5 Å². The van der Waals surface area contributed by atoms with Gasteiger partial charge in [0.2, 0.25) is 0 Å². The molecule has 0 amide bonds. The molecule has 2 N–H and O–H groups in total. The van der Waals surface area contributed by atoms with E-state index in [0.717, 1.165) is 23.1 Å². The Hall–Kier alpha value is -2.04. The van der Waals surface area contributed by atoms with Crippen molar-refractivity contribution in [1.29, 1.82) is 0 Å². The average Bonchev–Trinajstić information content (AvgIpc) is 3.94. The Balaban J connectivity index is 0.000000204. The van der Waals surface area contributed by atoms with Gasteiger partial charge in [-0.05, 0) is 111 Å². The fraction of sp³-hybridized carbons (Fsp3) is 0.595. The van der Waals surface area contributed by atoms with Crippen LogP contribution in [0.2, 0.25) is 0 Å². The van der Waals surface area contributed by atoms with Gasteiger partial charge < -0.3 is 20.1 Å². The van der Waals surface area contributed by atoms with Crippen LogP contribution in [0.25, 0.3) is 11.3 Å². The number of aliphatic hydroxyl groups is 2. The van der Waals surface area contributed by atoms with Crippen LogP contribution in [0, 0.1) is 29.7 Å². The van der Waals surface area contributed by atoms with Crippen LogP contribution in [0.3, 0.4) is 0 Å². The van der Waals surface area contributed by atoms with Crippen molar-refractivity contribution >= 4 is 11.4 Å². The van der Waals surface area contributed by atoms with E-state index in [4.69, 9.17) is 4.98 Å². The number of pyridine rings is 1. The summed E-state index contributed by atoms with van der Waals surface area (Å²) in [6.45, 7) is 0. The largest absolute Gasteiger partial charge is 0.393 e. The first-order chi connectivity index (χ1) is 22.6. The number of rotatable bonds is 7. The van der Waals surface area contributed by atoms with Gasteiger partial charge in [-0.2, -0.15) is 0 Å². The minimum Gasteiger partial charge on any atom is -0.393 e. The maximum atomic E-state index is 10.0. The Morgan fingerprint density at radius 2 is 1.26 bits per heavy atom. The summed E-state index contributed by atoms with van der Waals surface area (Å²) < 4.78 is 0. The van der Waals surface area contributed by atoms with Crippen molar-refractivity contribution < 1.29 is 30.3 Å². The van der Waals surface area contributed by atoms with Gasteiger partial charge in [0, 0.05) is 44.5 Å². The van der Waals surface area contributed by atoms with E-state index in [1.54, 1.807) is 5.56 Å². The van der Waals surface area contributed by atoms with E-state index in [2.05, 4.69) is 66.5 Å². The number of benzene rings is 2. The Bertz CT molecular complexity index is 1390. The molecule has 2 atom stereocenters. The predicted octanol–water partition coefficient (Wildman–Crippen LogP) is 9.77. The van der Waals surface area contributed by atoms with Crippen molar-refractivity contribution in [2.45, 2.75) is 127 Å². The molecular weight excluding hydrogens is 757 g/mol. The van der Waals surface area contributed by atoms with Crippen LogP contribution < -0.4 is 4.90 Å². The van der Waals surface area contributed by atoms with Crippen molar-refractivity contribution in [3.05, 3.63) is 78.0 Å². The minimum absolute atomic E-state index is 0. The van der Waals surface area contributed by atoms with Crippen LogP contribution in [0.4, 0.5) is 11.4 Å². The first-order valence-corrected chi connectivity index (χ1v) is 18.7. The molecule has 5 heteroatoms. The number of aliphatic hydroxyl groups excluding tert-OH is 2. The summed E-state index contributed by atoms with van der Waals surface area (Å²) in [5.41, 5.74) is 8.11. The number of hydrogen-bond donors (Lipinski definition) is 2. The monoisotopic (exact) mass is 812 g/mol. The number of nitrogens with zero attached hydrogens (tertiary/aromatic N) is 2. The number of aromatic nitrogens is 1. The van der Waals surface area contributed by atoms with Crippen LogP contribution in [-0.2, 0) is 25.5 Å². The van der Waals surface area contributed by atoms with Gasteiger partial charge in [0.1, 0.15) is 0 Å². The van der Waals surface area contributed by atoms with Gasteiger partial charge >= 0.3 is 0 Å². The van der Waals surface area contributed by atoms with E-state index in [1.807, 2.05) is 12.3 Å². The Kier molecular flexibility index (Phi) is 11.6. The summed E-state index contributed by atoms with van der Waals surface area (Å²) in [5.74, 6) is 2.40. The molecule has 4 fully saturated rings. The third-order valence-corrected chi connectivity index (χ3v) is 12.8. The summed E-state index contributed by atoms with van der Waals surface area (Å²) >= 11 is 0. The standard InChI is InChI=1S/C29H31N2.C13H24O2.Ir/c1-31-27-19-7-6-16-24(27)29(21-11-2-3-12-21,22-13-4-5-14-22)25-17-10-15-23(28(25)31)26-18-8-9-20-30-26;14-12(10-5-1-2-6-10)9-13(15)11-7-3-4-8-11;/h6-10,16-22H,2-5,11-14H2,1H3;10-15H,1-9H2;/q-1;;. The van der Waals surface area contributed by atoms with Gasteiger partial charge in [-0.3, -0.25) is 0 Å². The van der Waals surface area contributed by atoms with Crippen molar-refractivity contribution in [1.82, 2.24) is 4.98 Å². The molecule has 0 spiro atoms. The van der Waals surface area contributed by atoms with Crippen LogP contribution in [0.15, 0.2) is 60.8 Å². The summed E-state index contributed by atoms with van der Waals surface area (Å²) in [7, 11) is 2.24. The maximum Gasteiger partial charge on any atom is 0.0593 e. The van der Waals surface area contributed by atoms with Crippen LogP contribution >= 0.6 is 0 Å². The third-order valence-electron chi connectivity index (χ3n) is 12.8. The van der Waals surface area contributed by atoms with Gasteiger partial charge in [0.25, 0.3) is 0 Å². The molecule has 2 unspecified atom stereocenters.